The number of amides is 1. The molecule has 0 aromatic heterocycles. The highest BCUT2D eigenvalue weighted by molar-refractivity contribution is 5.95. The van der Waals surface area contributed by atoms with Gasteiger partial charge in [0.25, 0.3) is 0 Å². The summed E-state index contributed by atoms with van der Waals surface area (Å²) in [6.07, 6.45) is 0.938. The standard InChI is InChI=1S/C13H14FN3O/c1-8-4-5-16-12(8)13(18)17-11-3-2-9(7-15)6-10(11)14/h2-3,6,8,12,16H,4-5H2,1H3,(H,17,18). The molecule has 1 amide bonds. The smallest absolute Gasteiger partial charge is 0.241 e. The van der Waals surface area contributed by atoms with Crippen LogP contribution in [0.5, 0.6) is 0 Å². The van der Waals surface area contributed by atoms with Gasteiger partial charge < -0.3 is 10.6 Å². The molecule has 2 N–H and O–H groups in total. The second-order valence-electron chi connectivity index (χ2n) is 4.49. The van der Waals surface area contributed by atoms with Crippen molar-refractivity contribution in [1.29, 1.82) is 5.26 Å². The van der Waals surface area contributed by atoms with Gasteiger partial charge in [0, 0.05) is 0 Å². The molecule has 0 aliphatic carbocycles. The number of halogens is 1. The molecule has 18 heavy (non-hydrogen) atoms. The fourth-order valence-electron chi connectivity index (χ4n) is 2.08. The van der Waals surface area contributed by atoms with Crippen molar-refractivity contribution in [3.63, 3.8) is 0 Å². The van der Waals surface area contributed by atoms with Gasteiger partial charge in [-0.05, 0) is 37.1 Å². The number of carbonyl (C=O) groups excluding carboxylic acids is 1. The summed E-state index contributed by atoms with van der Waals surface area (Å²) >= 11 is 0. The summed E-state index contributed by atoms with van der Waals surface area (Å²) in [5.74, 6) is -0.580. The summed E-state index contributed by atoms with van der Waals surface area (Å²) in [4.78, 5) is 11.9. The minimum atomic E-state index is -0.590. The first-order chi connectivity index (χ1) is 8.61. The van der Waals surface area contributed by atoms with E-state index in [4.69, 9.17) is 5.26 Å². The average molecular weight is 247 g/mol. The van der Waals surface area contributed by atoms with E-state index in [-0.39, 0.29) is 29.1 Å². The zero-order valence-corrected chi connectivity index (χ0v) is 10.0. The molecule has 0 spiro atoms. The summed E-state index contributed by atoms with van der Waals surface area (Å²) in [6, 6.07) is 5.56. The molecule has 2 unspecified atom stereocenters. The third kappa shape index (κ3) is 2.49. The Morgan fingerprint density at radius 2 is 2.39 bits per heavy atom. The average Bonchev–Trinajstić information content (AvgIpc) is 2.78. The van der Waals surface area contributed by atoms with Crippen molar-refractivity contribution in [3.8, 4) is 6.07 Å². The number of anilines is 1. The minimum absolute atomic E-state index is 0.111. The Kier molecular flexibility index (Phi) is 3.58. The van der Waals surface area contributed by atoms with Gasteiger partial charge >= 0.3 is 0 Å². The highest BCUT2D eigenvalue weighted by Crippen LogP contribution is 2.19. The first-order valence-corrected chi connectivity index (χ1v) is 5.85. The van der Waals surface area contributed by atoms with Gasteiger partial charge in [0.1, 0.15) is 5.82 Å². The third-order valence-electron chi connectivity index (χ3n) is 3.17. The van der Waals surface area contributed by atoms with Crippen molar-refractivity contribution < 1.29 is 9.18 Å². The van der Waals surface area contributed by atoms with Crippen LogP contribution in [0.25, 0.3) is 0 Å². The van der Waals surface area contributed by atoms with Crippen LogP contribution < -0.4 is 10.6 Å². The molecule has 1 aromatic rings. The van der Waals surface area contributed by atoms with E-state index < -0.39 is 5.82 Å². The number of nitriles is 1. The lowest BCUT2D eigenvalue weighted by atomic mass is 10.0. The van der Waals surface area contributed by atoms with Gasteiger partial charge in [-0.3, -0.25) is 4.79 Å². The molecule has 94 valence electrons. The van der Waals surface area contributed by atoms with Crippen molar-refractivity contribution in [1.82, 2.24) is 5.32 Å². The lowest BCUT2D eigenvalue weighted by molar-refractivity contribution is -0.118. The fourth-order valence-corrected chi connectivity index (χ4v) is 2.08. The first-order valence-electron chi connectivity index (χ1n) is 5.85. The quantitative estimate of drug-likeness (QED) is 0.834. The topological polar surface area (TPSA) is 64.9 Å². The molecule has 2 atom stereocenters. The van der Waals surface area contributed by atoms with E-state index in [9.17, 15) is 9.18 Å². The summed E-state index contributed by atoms with van der Waals surface area (Å²) in [7, 11) is 0. The van der Waals surface area contributed by atoms with E-state index in [1.54, 1.807) is 0 Å². The molecule has 1 aliphatic heterocycles. The molecular weight excluding hydrogens is 233 g/mol. The number of hydrogen-bond donors (Lipinski definition) is 2. The molecule has 1 saturated heterocycles. The SMILES string of the molecule is CC1CCNC1C(=O)Nc1ccc(C#N)cc1F. The number of hydrogen-bond acceptors (Lipinski definition) is 3. The Labute approximate surface area is 105 Å². The second kappa shape index (κ2) is 5.15. The molecule has 1 aliphatic rings. The van der Waals surface area contributed by atoms with E-state index in [1.807, 2.05) is 13.0 Å². The van der Waals surface area contributed by atoms with Crippen LogP contribution in [0.1, 0.15) is 18.9 Å². The largest absolute Gasteiger partial charge is 0.322 e. The van der Waals surface area contributed by atoms with Crippen LogP contribution in [-0.4, -0.2) is 18.5 Å². The van der Waals surface area contributed by atoms with E-state index in [2.05, 4.69) is 10.6 Å². The van der Waals surface area contributed by atoms with E-state index >= 15 is 0 Å². The molecule has 5 heteroatoms. The number of rotatable bonds is 2. The van der Waals surface area contributed by atoms with Crippen LogP contribution in [0.3, 0.4) is 0 Å². The highest BCUT2D eigenvalue weighted by Gasteiger charge is 2.29. The monoisotopic (exact) mass is 247 g/mol. The maximum atomic E-state index is 13.6. The zero-order chi connectivity index (χ0) is 13.1. The van der Waals surface area contributed by atoms with Gasteiger partial charge in [-0.15, -0.1) is 0 Å². The Morgan fingerprint density at radius 1 is 1.61 bits per heavy atom. The van der Waals surface area contributed by atoms with E-state index in [0.717, 1.165) is 19.0 Å². The zero-order valence-electron chi connectivity index (χ0n) is 10.0. The van der Waals surface area contributed by atoms with Crippen molar-refractivity contribution in [3.05, 3.63) is 29.6 Å². The summed E-state index contributed by atoms with van der Waals surface area (Å²) in [5, 5.41) is 14.3. The van der Waals surface area contributed by atoms with Crippen LogP contribution in [0.4, 0.5) is 10.1 Å². The lowest BCUT2D eigenvalue weighted by Crippen LogP contribution is -2.39. The summed E-state index contributed by atoms with van der Waals surface area (Å²) in [5.41, 5.74) is 0.345. The summed E-state index contributed by atoms with van der Waals surface area (Å²) < 4.78 is 13.6. The Balaban J connectivity index is 2.10. The van der Waals surface area contributed by atoms with Crippen LogP contribution in [-0.2, 0) is 4.79 Å². The summed E-state index contributed by atoms with van der Waals surface area (Å²) in [6.45, 7) is 2.79. The molecule has 0 radical (unpaired) electrons. The van der Waals surface area contributed by atoms with Crippen molar-refractivity contribution in [2.24, 2.45) is 5.92 Å². The van der Waals surface area contributed by atoms with Crippen LogP contribution in [0.15, 0.2) is 18.2 Å². The van der Waals surface area contributed by atoms with Crippen LogP contribution >= 0.6 is 0 Å². The molecule has 4 nitrogen and oxygen atoms in total. The van der Waals surface area contributed by atoms with Gasteiger partial charge in [-0.25, -0.2) is 4.39 Å². The molecule has 0 saturated carbocycles. The lowest BCUT2D eigenvalue weighted by Gasteiger charge is -2.15. The Hall–Kier alpha value is -1.93. The van der Waals surface area contributed by atoms with Crippen molar-refractivity contribution in [2.45, 2.75) is 19.4 Å². The molecular formula is C13H14FN3O. The number of nitrogens with one attached hydrogen (secondary N) is 2. The number of nitrogens with zero attached hydrogens (tertiary/aromatic N) is 1. The second-order valence-corrected chi connectivity index (χ2v) is 4.49. The Bertz CT molecular complexity index is 509. The molecule has 1 fully saturated rings. The van der Waals surface area contributed by atoms with Gasteiger partial charge in [0.05, 0.1) is 23.4 Å². The predicted octanol–water partition coefficient (Wildman–Crippen LogP) is 1.63. The molecule has 1 aromatic carbocycles. The Morgan fingerprint density at radius 3 is 2.94 bits per heavy atom. The van der Waals surface area contributed by atoms with E-state index in [1.165, 1.54) is 12.1 Å². The normalized spacial score (nSPS) is 22.5. The predicted molar refractivity (Wildman–Crippen MR) is 65.3 cm³/mol. The maximum absolute atomic E-state index is 13.6. The van der Waals surface area contributed by atoms with Gasteiger partial charge in [-0.1, -0.05) is 6.92 Å². The third-order valence-corrected chi connectivity index (χ3v) is 3.17. The first kappa shape index (κ1) is 12.5. The number of carbonyl (C=O) groups is 1. The maximum Gasteiger partial charge on any atom is 0.241 e. The van der Waals surface area contributed by atoms with Crippen LogP contribution in [0, 0.1) is 23.1 Å². The molecule has 1 heterocycles. The van der Waals surface area contributed by atoms with Crippen molar-refractivity contribution >= 4 is 11.6 Å². The molecule has 2 rings (SSSR count). The number of benzene rings is 1. The van der Waals surface area contributed by atoms with E-state index in [0.29, 0.717) is 0 Å². The highest BCUT2D eigenvalue weighted by atomic mass is 19.1. The molecule has 0 bridgehead atoms. The van der Waals surface area contributed by atoms with Crippen molar-refractivity contribution in [2.75, 3.05) is 11.9 Å². The van der Waals surface area contributed by atoms with Gasteiger partial charge in [0.2, 0.25) is 5.91 Å². The van der Waals surface area contributed by atoms with Gasteiger partial charge in [-0.2, -0.15) is 5.26 Å². The fraction of sp³-hybridized carbons (Fsp3) is 0.385. The minimum Gasteiger partial charge on any atom is -0.322 e. The van der Waals surface area contributed by atoms with Crippen LogP contribution in [0.2, 0.25) is 0 Å². The van der Waals surface area contributed by atoms with Gasteiger partial charge in [0.15, 0.2) is 0 Å².